The largest absolute Gasteiger partial charge is 0.286 e. The fourth-order valence-electron chi connectivity index (χ4n) is 2.13. The van der Waals surface area contributed by atoms with Gasteiger partial charge in [-0.3, -0.25) is 4.99 Å². The van der Waals surface area contributed by atoms with Gasteiger partial charge in [0.05, 0.1) is 5.71 Å². The molecule has 2 heteroatoms. The maximum absolute atomic E-state index is 5.92. The van der Waals surface area contributed by atoms with Gasteiger partial charge in [-0.1, -0.05) is 72.3 Å². The Morgan fingerprint density at radius 2 is 1.64 bits per heavy atom. The Kier molecular flexibility index (Phi) is 6.17. The van der Waals surface area contributed by atoms with Gasteiger partial charge >= 0.3 is 0 Å². The highest BCUT2D eigenvalue weighted by Crippen LogP contribution is 2.19. The molecule has 2 aromatic rings. The molecule has 0 aliphatic carbocycles. The van der Waals surface area contributed by atoms with Crippen LogP contribution < -0.4 is 0 Å². The smallest absolute Gasteiger partial charge is 0.0585 e. The average molecular weight is 310 g/mol. The van der Waals surface area contributed by atoms with E-state index >= 15 is 0 Å². The van der Waals surface area contributed by atoms with Gasteiger partial charge < -0.3 is 0 Å². The second-order valence-corrected chi connectivity index (χ2v) is 5.55. The van der Waals surface area contributed by atoms with E-state index in [4.69, 9.17) is 11.6 Å². The Labute approximate surface area is 137 Å². The van der Waals surface area contributed by atoms with E-state index in [-0.39, 0.29) is 0 Å². The predicted molar refractivity (Wildman–Crippen MR) is 98.5 cm³/mol. The van der Waals surface area contributed by atoms with Gasteiger partial charge in [0, 0.05) is 11.6 Å². The van der Waals surface area contributed by atoms with Crippen molar-refractivity contribution in [3.8, 4) is 11.1 Å². The Bertz CT molecular complexity index is 675. The number of benzene rings is 2. The van der Waals surface area contributed by atoms with Crippen LogP contribution in [0, 0.1) is 0 Å². The molecule has 22 heavy (non-hydrogen) atoms. The van der Waals surface area contributed by atoms with E-state index in [1.807, 2.05) is 32.1 Å². The van der Waals surface area contributed by atoms with Gasteiger partial charge in [0.2, 0.25) is 0 Å². The van der Waals surface area contributed by atoms with Gasteiger partial charge in [-0.25, -0.2) is 0 Å². The molecule has 0 aliphatic rings. The van der Waals surface area contributed by atoms with Crippen LogP contribution >= 0.6 is 11.6 Å². The molecule has 1 nitrogen and oxygen atoms in total. The SMILES string of the molecule is CCN=C(C=Cc1ccc(-c2ccccc2)cc1)C=C(C)Cl. The van der Waals surface area contributed by atoms with Crippen LogP contribution in [0.25, 0.3) is 17.2 Å². The molecule has 2 aromatic carbocycles. The molecule has 0 N–H and O–H groups in total. The Balaban J connectivity index is 2.15. The zero-order chi connectivity index (χ0) is 15.8. The van der Waals surface area contributed by atoms with E-state index in [1.54, 1.807) is 0 Å². The van der Waals surface area contributed by atoms with E-state index in [9.17, 15) is 0 Å². The summed E-state index contributed by atoms with van der Waals surface area (Å²) in [7, 11) is 0. The molecule has 0 saturated heterocycles. The minimum Gasteiger partial charge on any atom is -0.286 e. The lowest BCUT2D eigenvalue weighted by Crippen LogP contribution is -1.90. The molecule has 0 spiro atoms. The van der Waals surface area contributed by atoms with Crippen molar-refractivity contribution < 1.29 is 0 Å². The third-order valence-electron chi connectivity index (χ3n) is 3.15. The van der Waals surface area contributed by atoms with Crippen LogP contribution in [-0.2, 0) is 0 Å². The first-order valence-electron chi connectivity index (χ1n) is 7.41. The summed E-state index contributed by atoms with van der Waals surface area (Å²) in [4.78, 5) is 4.41. The van der Waals surface area contributed by atoms with Crippen molar-refractivity contribution in [1.29, 1.82) is 0 Å². The topological polar surface area (TPSA) is 12.4 Å². The van der Waals surface area contributed by atoms with Gasteiger partial charge in [0.1, 0.15) is 0 Å². The molecule has 2 rings (SSSR count). The summed E-state index contributed by atoms with van der Waals surface area (Å²) in [6, 6.07) is 18.9. The normalized spacial score (nSPS) is 12.9. The number of hydrogen-bond donors (Lipinski definition) is 0. The molecule has 112 valence electrons. The van der Waals surface area contributed by atoms with Crippen molar-refractivity contribution in [1.82, 2.24) is 0 Å². The molecular formula is C20H20ClN. The minimum atomic E-state index is 0.733. The average Bonchev–Trinajstić information content (AvgIpc) is 2.54. The molecule has 0 saturated carbocycles. The molecule has 0 radical (unpaired) electrons. The zero-order valence-corrected chi connectivity index (χ0v) is 13.7. The molecule has 0 unspecified atom stereocenters. The van der Waals surface area contributed by atoms with E-state index in [0.29, 0.717) is 0 Å². The Morgan fingerprint density at radius 1 is 1.00 bits per heavy atom. The van der Waals surface area contributed by atoms with Crippen LogP contribution in [0.15, 0.2) is 76.8 Å². The van der Waals surface area contributed by atoms with E-state index in [2.05, 4.69) is 59.6 Å². The molecule has 0 amide bonds. The minimum absolute atomic E-state index is 0.733. The van der Waals surface area contributed by atoms with Gasteiger partial charge in [-0.15, -0.1) is 0 Å². The lowest BCUT2D eigenvalue weighted by Gasteiger charge is -2.02. The summed E-state index contributed by atoms with van der Waals surface area (Å²) in [5, 5.41) is 0.733. The van der Waals surface area contributed by atoms with Crippen molar-refractivity contribution in [2.24, 2.45) is 4.99 Å². The first-order valence-corrected chi connectivity index (χ1v) is 7.78. The second-order valence-electron chi connectivity index (χ2n) is 4.95. The maximum Gasteiger partial charge on any atom is 0.0585 e. The molecular weight excluding hydrogens is 290 g/mol. The van der Waals surface area contributed by atoms with Gasteiger partial charge in [-0.2, -0.15) is 0 Å². The number of nitrogens with zero attached hydrogens (tertiary/aromatic N) is 1. The molecule has 0 aliphatic heterocycles. The van der Waals surface area contributed by atoms with E-state index in [0.717, 1.165) is 22.9 Å². The van der Waals surface area contributed by atoms with Crippen molar-refractivity contribution in [2.75, 3.05) is 6.54 Å². The van der Waals surface area contributed by atoms with Gasteiger partial charge in [0.15, 0.2) is 0 Å². The number of rotatable bonds is 5. The zero-order valence-electron chi connectivity index (χ0n) is 13.0. The van der Waals surface area contributed by atoms with Crippen LogP contribution in [0.1, 0.15) is 19.4 Å². The lowest BCUT2D eigenvalue weighted by atomic mass is 10.0. The van der Waals surface area contributed by atoms with Gasteiger partial charge in [-0.05, 0) is 42.7 Å². The second kappa shape index (κ2) is 8.35. The summed E-state index contributed by atoms with van der Waals surface area (Å²) in [6.07, 6.45) is 5.92. The van der Waals surface area contributed by atoms with Gasteiger partial charge in [0.25, 0.3) is 0 Å². The standard InChI is InChI=1S/C20H20ClN/c1-3-22-20(15-16(2)21)14-11-17-9-12-19(13-10-17)18-7-5-4-6-8-18/h4-15H,3H2,1-2H3. The maximum atomic E-state index is 5.92. The fraction of sp³-hybridized carbons (Fsp3) is 0.150. The highest BCUT2D eigenvalue weighted by atomic mass is 35.5. The molecule has 0 aromatic heterocycles. The summed E-state index contributed by atoms with van der Waals surface area (Å²) in [6.45, 7) is 4.61. The van der Waals surface area contributed by atoms with Crippen LogP contribution in [0.3, 0.4) is 0 Å². The third kappa shape index (κ3) is 5.01. The van der Waals surface area contributed by atoms with Crippen molar-refractivity contribution in [2.45, 2.75) is 13.8 Å². The van der Waals surface area contributed by atoms with Crippen molar-refractivity contribution >= 4 is 23.4 Å². The van der Waals surface area contributed by atoms with E-state index < -0.39 is 0 Å². The van der Waals surface area contributed by atoms with Crippen LogP contribution in [0.2, 0.25) is 0 Å². The third-order valence-corrected chi connectivity index (χ3v) is 3.26. The van der Waals surface area contributed by atoms with Crippen molar-refractivity contribution in [3.63, 3.8) is 0 Å². The van der Waals surface area contributed by atoms with Crippen LogP contribution in [0.4, 0.5) is 0 Å². The number of halogens is 1. The molecule has 0 fully saturated rings. The number of aliphatic imine (C=N–C) groups is 1. The van der Waals surface area contributed by atoms with E-state index in [1.165, 1.54) is 11.1 Å². The Hall–Kier alpha value is -2.12. The summed E-state index contributed by atoms with van der Waals surface area (Å²) in [5.74, 6) is 0. The first kappa shape index (κ1) is 16.3. The lowest BCUT2D eigenvalue weighted by molar-refractivity contribution is 1.13. The quantitative estimate of drug-likeness (QED) is 0.603. The highest BCUT2D eigenvalue weighted by molar-refractivity contribution is 6.31. The number of hydrogen-bond acceptors (Lipinski definition) is 1. The Morgan fingerprint density at radius 3 is 2.23 bits per heavy atom. The predicted octanol–water partition coefficient (Wildman–Crippen LogP) is 5.97. The fourth-order valence-corrected chi connectivity index (χ4v) is 2.24. The summed E-state index contributed by atoms with van der Waals surface area (Å²) in [5.41, 5.74) is 4.48. The molecule has 0 heterocycles. The summed E-state index contributed by atoms with van der Waals surface area (Å²) < 4.78 is 0. The molecule has 0 atom stereocenters. The first-order chi connectivity index (χ1) is 10.7. The van der Waals surface area contributed by atoms with Crippen LogP contribution in [0.5, 0.6) is 0 Å². The summed E-state index contributed by atoms with van der Waals surface area (Å²) >= 11 is 5.92. The highest BCUT2D eigenvalue weighted by Gasteiger charge is 1.96. The van der Waals surface area contributed by atoms with Crippen molar-refractivity contribution in [3.05, 3.63) is 77.3 Å². The molecule has 0 bridgehead atoms. The monoisotopic (exact) mass is 309 g/mol. The van der Waals surface area contributed by atoms with Crippen LogP contribution in [-0.4, -0.2) is 12.3 Å². The number of allylic oxidation sites excluding steroid dienone is 3.